The first-order chi connectivity index (χ1) is 9.13. The standard InChI is InChI=1S/C14H20N2O3/c1-10(17)14-11(4-3-5-12(14)19-2)16-8-6-13(18)15-7-9-16/h3-5,10,17H,6-9H2,1-2H3,(H,15,18)/t10-/m1/s1. The lowest BCUT2D eigenvalue weighted by atomic mass is 10.1. The fraction of sp³-hybridized carbons (Fsp3) is 0.500. The van der Waals surface area contributed by atoms with E-state index in [2.05, 4.69) is 10.2 Å². The van der Waals surface area contributed by atoms with Crippen molar-refractivity contribution in [3.05, 3.63) is 23.8 Å². The Morgan fingerprint density at radius 1 is 1.42 bits per heavy atom. The zero-order chi connectivity index (χ0) is 13.8. The molecule has 1 aliphatic rings. The minimum Gasteiger partial charge on any atom is -0.496 e. The fourth-order valence-electron chi connectivity index (χ4n) is 2.41. The molecule has 0 radical (unpaired) electrons. The van der Waals surface area contributed by atoms with Crippen LogP contribution in [0.25, 0.3) is 0 Å². The number of amides is 1. The largest absolute Gasteiger partial charge is 0.496 e. The number of aliphatic hydroxyl groups excluding tert-OH is 1. The molecule has 0 saturated carbocycles. The van der Waals surface area contributed by atoms with E-state index in [0.29, 0.717) is 25.3 Å². The Labute approximate surface area is 113 Å². The van der Waals surface area contributed by atoms with Gasteiger partial charge in [0.1, 0.15) is 5.75 Å². The summed E-state index contributed by atoms with van der Waals surface area (Å²) in [7, 11) is 1.60. The van der Waals surface area contributed by atoms with Gasteiger partial charge in [0.05, 0.1) is 13.2 Å². The Bertz CT molecular complexity index is 460. The molecule has 2 rings (SSSR count). The van der Waals surface area contributed by atoms with Gasteiger partial charge in [-0.15, -0.1) is 0 Å². The van der Waals surface area contributed by atoms with E-state index >= 15 is 0 Å². The Balaban J connectivity index is 2.35. The van der Waals surface area contributed by atoms with Gasteiger partial charge >= 0.3 is 0 Å². The van der Waals surface area contributed by atoms with Crippen molar-refractivity contribution in [2.45, 2.75) is 19.4 Å². The maximum absolute atomic E-state index is 11.4. The second-order valence-corrected chi connectivity index (χ2v) is 4.66. The van der Waals surface area contributed by atoms with Gasteiger partial charge in [0.25, 0.3) is 0 Å². The number of aliphatic hydroxyl groups is 1. The van der Waals surface area contributed by atoms with Crippen LogP contribution < -0.4 is 15.0 Å². The molecule has 1 amide bonds. The van der Waals surface area contributed by atoms with Crippen molar-refractivity contribution in [2.24, 2.45) is 0 Å². The van der Waals surface area contributed by atoms with E-state index < -0.39 is 6.10 Å². The molecule has 1 heterocycles. The lowest BCUT2D eigenvalue weighted by Crippen LogP contribution is -2.29. The van der Waals surface area contributed by atoms with E-state index in [0.717, 1.165) is 17.8 Å². The van der Waals surface area contributed by atoms with E-state index in [1.54, 1.807) is 14.0 Å². The van der Waals surface area contributed by atoms with Crippen LogP contribution >= 0.6 is 0 Å². The highest BCUT2D eigenvalue weighted by Crippen LogP contribution is 2.34. The molecular formula is C14H20N2O3. The van der Waals surface area contributed by atoms with Crippen LogP contribution in [0.3, 0.4) is 0 Å². The van der Waals surface area contributed by atoms with E-state index in [1.807, 2.05) is 18.2 Å². The van der Waals surface area contributed by atoms with Crippen molar-refractivity contribution in [1.82, 2.24) is 5.32 Å². The molecule has 1 saturated heterocycles. The monoisotopic (exact) mass is 264 g/mol. The van der Waals surface area contributed by atoms with Gasteiger partial charge in [-0.25, -0.2) is 0 Å². The predicted molar refractivity (Wildman–Crippen MR) is 73.5 cm³/mol. The zero-order valence-electron chi connectivity index (χ0n) is 11.3. The molecule has 1 atom stereocenters. The number of hydrogen-bond donors (Lipinski definition) is 2. The lowest BCUT2D eigenvalue weighted by molar-refractivity contribution is -0.120. The Kier molecular flexibility index (Phi) is 4.27. The van der Waals surface area contributed by atoms with Gasteiger partial charge < -0.3 is 20.1 Å². The van der Waals surface area contributed by atoms with E-state index in [-0.39, 0.29) is 5.91 Å². The fourth-order valence-corrected chi connectivity index (χ4v) is 2.41. The van der Waals surface area contributed by atoms with Gasteiger partial charge in [-0.2, -0.15) is 0 Å². The van der Waals surface area contributed by atoms with Crippen molar-refractivity contribution in [2.75, 3.05) is 31.6 Å². The van der Waals surface area contributed by atoms with E-state index in [4.69, 9.17) is 4.74 Å². The number of hydrogen-bond acceptors (Lipinski definition) is 4. The summed E-state index contributed by atoms with van der Waals surface area (Å²) in [6, 6.07) is 5.70. The molecule has 19 heavy (non-hydrogen) atoms. The molecule has 0 bridgehead atoms. The third-order valence-corrected chi connectivity index (χ3v) is 3.33. The molecule has 1 aliphatic heterocycles. The van der Waals surface area contributed by atoms with Gasteiger partial charge in [0.15, 0.2) is 0 Å². The SMILES string of the molecule is COc1cccc(N2CCNC(=O)CC2)c1[C@@H](C)O. The minimum absolute atomic E-state index is 0.0731. The van der Waals surface area contributed by atoms with Crippen molar-refractivity contribution < 1.29 is 14.6 Å². The minimum atomic E-state index is -0.613. The molecule has 1 aromatic rings. The van der Waals surface area contributed by atoms with Crippen LogP contribution in [-0.4, -0.2) is 37.8 Å². The second kappa shape index (κ2) is 5.93. The average molecular weight is 264 g/mol. The van der Waals surface area contributed by atoms with E-state index in [9.17, 15) is 9.90 Å². The molecule has 1 aromatic carbocycles. The molecule has 0 aromatic heterocycles. The molecule has 0 unspecified atom stereocenters. The van der Waals surface area contributed by atoms with Gasteiger partial charge in [0.2, 0.25) is 5.91 Å². The summed E-state index contributed by atoms with van der Waals surface area (Å²) >= 11 is 0. The molecule has 0 aliphatic carbocycles. The van der Waals surface area contributed by atoms with Crippen molar-refractivity contribution in [1.29, 1.82) is 0 Å². The quantitative estimate of drug-likeness (QED) is 0.857. The number of ether oxygens (including phenoxy) is 1. The Morgan fingerprint density at radius 2 is 2.21 bits per heavy atom. The van der Waals surface area contributed by atoms with Gasteiger partial charge in [0, 0.05) is 37.3 Å². The number of rotatable bonds is 3. The van der Waals surface area contributed by atoms with Crippen LogP contribution in [0.5, 0.6) is 5.75 Å². The maximum atomic E-state index is 11.4. The predicted octanol–water partition coefficient (Wildman–Crippen LogP) is 1.07. The topological polar surface area (TPSA) is 61.8 Å². The van der Waals surface area contributed by atoms with Crippen LogP contribution in [0.1, 0.15) is 25.0 Å². The number of anilines is 1. The normalized spacial score (nSPS) is 17.6. The summed E-state index contributed by atoms with van der Waals surface area (Å²) in [5.41, 5.74) is 1.71. The first kappa shape index (κ1) is 13.7. The van der Waals surface area contributed by atoms with E-state index in [1.165, 1.54) is 0 Å². The summed E-state index contributed by atoms with van der Waals surface area (Å²) in [4.78, 5) is 13.5. The summed E-state index contributed by atoms with van der Waals surface area (Å²) < 4.78 is 5.32. The summed E-state index contributed by atoms with van der Waals surface area (Å²) in [6.45, 7) is 3.73. The van der Waals surface area contributed by atoms with Gasteiger partial charge in [-0.1, -0.05) is 6.07 Å². The van der Waals surface area contributed by atoms with Crippen molar-refractivity contribution >= 4 is 11.6 Å². The highest BCUT2D eigenvalue weighted by Gasteiger charge is 2.20. The van der Waals surface area contributed by atoms with Crippen LogP contribution in [0.15, 0.2) is 18.2 Å². The van der Waals surface area contributed by atoms with Crippen molar-refractivity contribution in [3.8, 4) is 5.75 Å². The zero-order valence-corrected chi connectivity index (χ0v) is 11.3. The van der Waals surface area contributed by atoms with Gasteiger partial charge in [-0.3, -0.25) is 4.79 Å². The summed E-state index contributed by atoms with van der Waals surface area (Å²) in [5, 5.41) is 12.8. The number of methoxy groups -OCH3 is 1. The highest BCUT2D eigenvalue weighted by molar-refractivity contribution is 5.77. The van der Waals surface area contributed by atoms with Crippen LogP contribution in [0.2, 0.25) is 0 Å². The maximum Gasteiger partial charge on any atom is 0.221 e. The summed E-state index contributed by atoms with van der Waals surface area (Å²) in [5.74, 6) is 0.750. The number of nitrogens with zero attached hydrogens (tertiary/aromatic N) is 1. The van der Waals surface area contributed by atoms with Crippen LogP contribution in [-0.2, 0) is 4.79 Å². The molecule has 5 heteroatoms. The third kappa shape index (κ3) is 2.98. The van der Waals surface area contributed by atoms with Crippen LogP contribution in [0.4, 0.5) is 5.69 Å². The average Bonchev–Trinajstić information content (AvgIpc) is 2.62. The number of nitrogens with one attached hydrogen (secondary N) is 1. The molecular weight excluding hydrogens is 244 g/mol. The molecule has 5 nitrogen and oxygen atoms in total. The molecule has 104 valence electrons. The first-order valence-electron chi connectivity index (χ1n) is 6.50. The third-order valence-electron chi connectivity index (χ3n) is 3.33. The first-order valence-corrected chi connectivity index (χ1v) is 6.50. The number of carbonyl (C=O) groups is 1. The number of carbonyl (C=O) groups excluding carboxylic acids is 1. The molecule has 2 N–H and O–H groups in total. The second-order valence-electron chi connectivity index (χ2n) is 4.66. The number of benzene rings is 1. The van der Waals surface area contributed by atoms with Crippen LogP contribution in [0, 0.1) is 0 Å². The Hall–Kier alpha value is -1.75. The molecule has 0 spiro atoms. The highest BCUT2D eigenvalue weighted by atomic mass is 16.5. The van der Waals surface area contributed by atoms with Gasteiger partial charge in [-0.05, 0) is 19.1 Å². The Morgan fingerprint density at radius 3 is 2.89 bits per heavy atom. The molecule has 1 fully saturated rings. The van der Waals surface area contributed by atoms with Crippen molar-refractivity contribution in [3.63, 3.8) is 0 Å². The lowest BCUT2D eigenvalue weighted by Gasteiger charge is -2.27. The summed E-state index contributed by atoms with van der Waals surface area (Å²) in [6.07, 6.45) is -0.144. The smallest absolute Gasteiger partial charge is 0.221 e.